The highest BCUT2D eigenvalue weighted by Crippen LogP contribution is 2.46. The molecule has 2 atom stereocenters. The third-order valence-corrected chi connectivity index (χ3v) is 3.52. The Morgan fingerprint density at radius 3 is 2.60 bits per heavy atom. The number of tetrazole rings is 1. The summed E-state index contributed by atoms with van der Waals surface area (Å²) >= 11 is 0. The van der Waals surface area contributed by atoms with Crippen molar-refractivity contribution in [2.75, 3.05) is 0 Å². The monoisotopic (exact) mass is 205 g/mol. The molecule has 1 heterocycles. The van der Waals surface area contributed by atoms with Crippen LogP contribution in [0.5, 0.6) is 0 Å². The summed E-state index contributed by atoms with van der Waals surface area (Å²) < 4.78 is 0. The number of nitriles is 1. The summed E-state index contributed by atoms with van der Waals surface area (Å²) in [6.45, 7) is 4.42. The Morgan fingerprint density at radius 2 is 2.13 bits per heavy atom. The Labute approximate surface area is 88.9 Å². The molecule has 5 heteroatoms. The fraction of sp³-hybridized carbons (Fsp3) is 0.800. The van der Waals surface area contributed by atoms with Gasteiger partial charge in [-0.3, -0.25) is 0 Å². The van der Waals surface area contributed by atoms with Gasteiger partial charge in [0, 0.05) is 6.42 Å². The molecule has 5 nitrogen and oxygen atoms in total. The van der Waals surface area contributed by atoms with Gasteiger partial charge in [0.2, 0.25) is 0 Å². The van der Waals surface area contributed by atoms with E-state index < -0.39 is 0 Å². The summed E-state index contributed by atoms with van der Waals surface area (Å²) in [5.74, 6) is 1.87. The van der Waals surface area contributed by atoms with Crippen molar-refractivity contribution < 1.29 is 0 Å². The zero-order valence-corrected chi connectivity index (χ0v) is 9.06. The average molecular weight is 205 g/mol. The Kier molecular flexibility index (Phi) is 2.43. The van der Waals surface area contributed by atoms with Gasteiger partial charge in [-0.25, -0.2) is 0 Å². The van der Waals surface area contributed by atoms with Gasteiger partial charge in [-0.2, -0.15) is 10.5 Å². The maximum Gasteiger partial charge on any atom is 0.176 e. The van der Waals surface area contributed by atoms with Gasteiger partial charge in [-0.1, -0.05) is 19.1 Å². The standard InChI is InChI=1S/C10H15N5/c1-7-3-10(6-11,4-8(7)2)5-9-12-14-15-13-9/h7-8H,3-5H2,1-2H3,(H,12,13,14,15). The van der Waals surface area contributed by atoms with Crippen molar-refractivity contribution in [3.05, 3.63) is 5.82 Å². The van der Waals surface area contributed by atoms with E-state index in [0.29, 0.717) is 24.1 Å². The molecule has 0 spiro atoms. The second-order valence-corrected chi connectivity index (χ2v) is 4.76. The van der Waals surface area contributed by atoms with E-state index in [1.165, 1.54) is 0 Å². The van der Waals surface area contributed by atoms with Crippen LogP contribution in [0.3, 0.4) is 0 Å². The molecule has 0 amide bonds. The third kappa shape index (κ3) is 1.84. The molecule has 1 aliphatic carbocycles. The predicted octanol–water partition coefficient (Wildman–Crippen LogP) is 1.32. The molecular weight excluding hydrogens is 190 g/mol. The first kappa shape index (κ1) is 10.1. The Balaban J connectivity index is 2.15. The fourth-order valence-electron chi connectivity index (χ4n) is 2.55. The molecule has 2 rings (SSSR count). The van der Waals surface area contributed by atoms with Gasteiger partial charge in [0.25, 0.3) is 0 Å². The largest absolute Gasteiger partial charge is 0.198 e. The molecule has 80 valence electrons. The van der Waals surface area contributed by atoms with Crippen LogP contribution in [0.1, 0.15) is 32.5 Å². The van der Waals surface area contributed by atoms with Gasteiger partial charge in [0.15, 0.2) is 5.82 Å². The number of nitrogens with zero attached hydrogens (tertiary/aromatic N) is 4. The number of hydrogen-bond donors (Lipinski definition) is 1. The fourth-order valence-corrected chi connectivity index (χ4v) is 2.55. The summed E-state index contributed by atoms with van der Waals surface area (Å²) in [6.07, 6.45) is 2.51. The Morgan fingerprint density at radius 1 is 1.47 bits per heavy atom. The van der Waals surface area contributed by atoms with E-state index in [1.807, 2.05) is 0 Å². The van der Waals surface area contributed by atoms with Crippen LogP contribution in [0.2, 0.25) is 0 Å². The van der Waals surface area contributed by atoms with Crippen LogP contribution in [0.25, 0.3) is 0 Å². The highest BCUT2D eigenvalue weighted by molar-refractivity contribution is 5.09. The van der Waals surface area contributed by atoms with Crippen LogP contribution in [0.15, 0.2) is 0 Å². The lowest BCUT2D eigenvalue weighted by atomic mass is 9.83. The van der Waals surface area contributed by atoms with Crippen molar-refractivity contribution in [1.82, 2.24) is 20.6 Å². The van der Waals surface area contributed by atoms with E-state index in [2.05, 4.69) is 40.5 Å². The molecule has 1 N–H and O–H groups in total. The topological polar surface area (TPSA) is 78.2 Å². The van der Waals surface area contributed by atoms with Crippen molar-refractivity contribution in [1.29, 1.82) is 5.26 Å². The van der Waals surface area contributed by atoms with E-state index in [9.17, 15) is 5.26 Å². The minimum atomic E-state index is -0.275. The molecule has 1 aliphatic rings. The number of rotatable bonds is 2. The SMILES string of the molecule is CC1CC(C#N)(Cc2nn[nH]n2)CC1C. The number of aromatic nitrogens is 4. The van der Waals surface area contributed by atoms with Gasteiger partial charge in [-0.15, -0.1) is 10.2 Å². The smallest absolute Gasteiger partial charge is 0.176 e. The first-order valence-corrected chi connectivity index (χ1v) is 5.29. The maximum absolute atomic E-state index is 9.31. The van der Waals surface area contributed by atoms with E-state index >= 15 is 0 Å². The van der Waals surface area contributed by atoms with Crippen LogP contribution in [0.4, 0.5) is 0 Å². The highest BCUT2D eigenvalue weighted by Gasteiger charge is 2.42. The van der Waals surface area contributed by atoms with Gasteiger partial charge in [0.1, 0.15) is 0 Å². The quantitative estimate of drug-likeness (QED) is 0.789. The molecule has 0 aromatic carbocycles. The van der Waals surface area contributed by atoms with Crippen LogP contribution in [-0.4, -0.2) is 20.6 Å². The van der Waals surface area contributed by atoms with Crippen molar-refractivity contribution in [2.24, 2.45) is 17.3 Å². The number of nitrogens with one attached hydrogen (secondary N) is 1. The van der Waals surface area contributed by atoms with Crippen LogP contribution >= 0.6 is 0 Å². The van der Waals surface area contributed by atoms with Crippen molar-refractivity contribution in [3.8, 4) is 6.07 Å². The molecule has 0 saturated heterocycles. The second kappa shape index (κ2) is 3.61. The molecule has 2 unspecified atom stereocenters. The van der Waals surface area contributed by atoms with Crippen molar-refractivity contribution in [3.63, 3.8) is 0 Å². The predicted molar refractivity (Wildman–Crippen MR) is 53.5 cm³/mol. The van der Waals surface area contributed by atoms with E-state index in [4.69, 9.17) is 0 Å². The average Bonchev–Trinajstić information content (AvgIpc) is 2.78. The third-order valence-electron chi connectivity index (χ3n) is 3.52. The Bertz CT molecular complexity index is 354. The molecule has 1 aromatic heterocycles. The van der Waals surface area contributed by atoms with Gasteiger partial charge >= 0.3 is 0 Å². The zero-order valence-electron chi connectivity index (χ0n) is 9.06. The lowest BCUT2D eigenvalue weighted by molar-refractivity contribution is 0.379. The molecular formula is C10H15N5. The minimum absolute atomic E-state index is 0.275. The van der Waals surface area contributed by atoms with Crippen LogP contribution < -0.4 is 0 Å². The summed E-state index contributed by atoms with van der Waals surface area (Å²) in [4.78, 5) is 0. The van der Waals surface area contributed by atoms with Crippen LogP contribution in [0, 0.1) is 28.6 Å². The highest BCUT2D eigenvalue weighted by atomic mass is 15.5. The molecule has 0 radical (unpaired) electrons. The summed E-state index contributed by atoms with van der Waals surface area (Å²) in [7, 11) is 0. The van der Waals surface area contributed by atoms with Gasteiger partial charge < -0.3 is 0 Å². The normalized spacial score (nSPS) is 35.3. The number of hydrogen-bond acceptors (Lipinski definition) is 4. The number of H-pyrrole nitrogens is 1. The lowest BCUT2D eigenvalue weighted by Crippen LogP contribution is -2.19. The van der Waals surface area contributed by atoms with Crippen LogP contribution in [-0.2, 0) is 6.42 Å². The molecule has 0 bridgehead atoms. The Hall–Kier alpha value is -1.44. The summed E-state index contributed by atoms with van der Waals surface area (Å²) in [5, 5.41) is 23.1. The summed E-state index contributed by atoms with van der Waals surface area (Å²) in [6, 6.07) is 2.45. The lowest BCUT2D eigenvalue weighted by Gasteiger charge is -2.17. The molecule has 0 aliphatic heterocycles. The maximum atomic E-state index is 9.31. The van der Waals surface area contributed by atoms with E-state index in [0.717, 1.165) is 12.8 Å². The van der Waals surface area contributed by atoms with E-state index in [-0.39, 0.29) is 5.41 Å². The molecule has 1 fully saturated rings. The second-order valence-electron chi connectivity index (χ2n) is 4.76. The van der Waals surface area contributed by atoms with Gasteiger partial charge in [-0.05, 0) is 24.7 Å². The summed E-state index contributed by atoms with van der Waals surface area (Å²) in [5.41, 5.74) is -0.275. The zero-order chi connectivity index (χ0) is 10.9. The molecule has 1 aromatic rings. The van der Waals surface area contributed by atoms with Crippen molar-refractivity contribution in [2.45, 2.75) is 33.1 Å². The van der Waals surface area contributed by atoms with Crippen molar-refractivity contribution >= 4 is 0 Å². The first-order chi connectivity index (χ1) is 7.15. The molecule has 1 saturated carbocycles. The number of aromatic amines is 1. The molecule has 15 heavy (non-hydrogen) atoms. The van der Waals surface area contributed by atoms with Gasteiger partial charge in [0.05, 0.1) is 11.5 Å². The minimum Gasteiger partial charge on any atom is -0.198 e. The first-order valence-electron chi connectivity index (χ1n) is 5.29. The van der Waals surface area contributed by atoms with E-state index in [1.54, 1.807) is 0 Å².